The summed E-state index contributed by atoms with van der Waals surface area (Å²) in [5.41, 5.74) is 2.73. The Hall–Kier alpha value is -1.02. The lowest BCUT2D eigenvalue weighted by atomic mass is 10.0. The maximum Gasteiger partial charge on any atom is 0.0364 e. The number of hydrogen-bond donors (Lipinski definition) is 1. The number of rotatable bonds is 5. The molecule has 1 N–H and O–H groups in total. The molecule has 0 aromatic heterocycles. The molecule has 0 aliphatic rings. The SMILES string of the molecule is CCNC(C)(C)CN(C)c1ccc(C)cc1. The van der Waals surface area contributed by atoms with Crippen LogP contribution in [0.5, 0.6) is 0 Å². The molecule has 2 heteroatoms. The molecule has 0 bridgehead atoms. The van der Waals surface area contributed by atoms with E-state index in [2.05, 4.69) is 69.2 Å². The second kappa shape index (κ2) is 5.35. The molecule has 0 radical (unpaired) electrons. The summed E-state index contributed by atoms with van der Waals surface area (Å²) in [5, 5.41) is 3.49. The summed E-state index contributed by atoms with van der Waals surface area (Å²) in [6.07, 6.45) is 0. The van der Waals surface area contributed by atoms with E-state index in [4.69, 9.17) is 0 Å². The first-order valence-corrected chi connectivity index (χ1v) is 5.97. The predicted molar refractivity (Wildman–Crippen MR) is 72.2 cm³/mol. The predicted octanol–water partition coefficient (Wildman–Crippen LogP) is 2.82. The molecule has 0 heterocycles. The average molecular weight is 220 g/mol. The van der Waals surface area contributed by atoms with E-state index in [1.54, 1.807) is 0 Å². The number of aryl methyl sites for hydroxylation is 1. The van der Waals surface area contributed by atoms with Gasteiger partial charge in [0.1, 0.15) is 0 Å². The molecule has 1 rings (SSSR count). The molecular weight excluding hydrogens is 196 g/mol. The normalized spacial score (nSPS) is 11.6. The van der Waals surface area contributed by atoms with Crippen LogP contribution in [-0.4, -0.2) is 25.7 Å². The molecule has 2 nitrogen and oxygen atoms in total. The summed E-state index contributed by atoms with van der Waals surface area (Å²) in [6, 6.07) is 8.67. The molecule has 0 amide bonds. The molecule has 1 aromatic rings. The molecule has 0 unspecified atom stereocenters. The van der Waals surface area contributed by atoms with Gasteiger partial charge in [-0.1, -0.05) is 24.6 Å². The zero-order valence-electron chi connectivity index (χ0n) is 11.2. The van der Waals surface area contributed by atoms with Crippen molar-refractivity contribution in [2.24, 2.45) is 0 Å². The second-order valence-electron chi connectivity index (χ2n) is 5.11. The van der Waals surface area contributed by atoms with Crippen molar-refractivity contribution < 1.29 is 0 Å². The monoisotopic (exact) mass is 220 g/mol. The van der Waals surface area contributed by atoms with Crippen LogP contribution in [0.4, 0.5) is 5.69 Å². The topological polar surface area (TPSA) is 15.3 Å². The van der Waals surface area contributed by atoms with Gasteiger partial charge in [-0.2, -0.15) is 0 Å². The molecule has 0 spiro atoms. The minimum absolute atomic E-state index is 0.147. The van der Waals surface area contributed by atoms with Crippen LogP contribution in [0, 0.1) is 6.92 Å². The Bertz CT molecular complexity index is 314. The zero-order valence-corrected chi connectivity index (χ0v) is 11.2. The Kier molecular flexibility index (Phi) is 4.36. The molecule has 1 aromatic carbocycles. The van der Waals surface area contributed by atoms with Crippen LogP contribution in [0.1, 0.15) is 26.3 Å². The molecule has 0 aliphatic heterocycles. The summed E-state index contributed by atoms with van der Waals surface area (Å²) < 4.78 is 0. The number of hydrogen-bond acceptors (Lipinski definition) is 2. The third-order valence-electron chi connectivity index (χ3n) is 2.76. The lowest BCUT2D eigenvalue weighted by molar-refractivity contribution is 0.403. The molecule has 0 saturated carbocycles. The van der Waals surface area contributed by atoms with E-state index >= 15 is 0 Å². The van der Waals surface area contributed by atoms with Gasteiger partial charge in [0.15, 0.2) is 0 Å². The summed E-state index contributed by atoms with van der Waals surface area (Å²) in [4.78, 5) is 2.29. The van der Waals surface area contributed by atoms with Crippen molar-refractivity contribution in [2.45, 2.75) is 33.2 Å². The van der Waals surface area contributed by atoms with E-state index in [1.165, 1.54) is 11.3 Å². The van der Waals surface area contributed by atoms with E-state index in [0.29, 0.717) is 0 Å². The van der Waals surface area contributed by atoms with E-state index in [9.17, 15) is 0 Å². The van der Waals surface area contributed by atoms with Gasteiger partial charge in [0, 0.05) is 24.8 Å². The van der Waals surface area contributed by atoms with E-state index in [1.807, 2.05) is 0 Å². The smallest absolute Gasteiger partial charge is 0.0364 e. The van der Waals surface area contributed by atoms with Crippen molar-refractivity contribution in [2.75, 3.05) is 25.0 Å². The third kappa shape index (κ3) is 3.86. The maximum atomic E-state index is 3.49. The van der Waals surface area contributed by atoms with Gasteiger partial charge < -0.3 is 10.2 Å². The van der Waals surface area contributed by atoms with Gasteiger partial charge in [-0.25, -0.2) is 0 Å². The average Bonchev–Trinajstić information content (AvgIpc) is 2.17. The third-order valence-corrected chi connectivity index (χ3v) is 2.76. The number of benzene rings is 1. The van der Waals surface area contributed by atoms with Crippen molar-refractivity contribution in [3.8, 4) is 0 Å². The highest BCUT2D eigenvalue weighted by molar-refractivity contribution is 5.47. The Morgan fingerprint density at radius 1 is 1.19 bits per heavy atom. The molecule has 0 atom stereocenters. The Balaban J connectivity index is 2.64. The number of nitrogens with one attached hydrogen (secondary N) is 1. The fourth-order valence-electron chi connectivity index (χ4n) is 2.02. The summed E-state index contributed by atoms with van der Waals surface area (Å²) in [7, 11) is 2.14. The highest BCUT2D eigenvalue weighted by Crippen LogP contribution is 2.16. The minimum Gasteiger partial charge on any atom is -0.373 e. The fourth-order valence-corrected chi connectivity index (χ4v) is 2.02. The lowest BCUT2D eigenvalue weighted by Crippen LogP contribution is -2.48. The fraction of sp³-hybridized carbons (Fsp3) is 0.571. The molecule has 0 saturated heterocycles. The summed E-state index contributed by atoms with van der Waals surface area (Å²) >= 11 is 0. The van der Waals surface area contributed by atoms with Crippen molar-refractivity contribution in [1.82, 2.24) is 5.32 Å². The van der Waals surface area contributed by atoms with Gasteiger partial charge in [-0.3, -0.25) is 0 Å². The van der Waals surface area contributed by atoms with E-state index in [0.717, 1.165) is 13.1 Å². The second-order valence-corrected chi connectivity index (χ2v) is 5.11. The highest BCUT2D eigenvalue weighted by Gasteiger charge is 2.18. The molecule has 90 valence electrons. The molecule has 0 aliphatic carbocycles. The molecule has 0 fully saturated rings. The number of nitrogens with zero attached hydrogens (tertiary/aromatic N) is 1. The van der Waals surface area contributed by atoms with E-state index < -0.39 is 0 Å². The number of anilines is 1. The lowest BCUT2D eigenvalue weighted by Gasteiger charge is -2.32. The van der Waals surface area contributed by atoms with Crippen molar-refractivity contribution in [1.29, 1.82) is 0 Å². The molecule has 16 heavy (non-hydrogen) atoms. The van der Waals surface area contributed by atoms with Crippen LogP contribution >= 0.6 is 0 Å². The van der Waals surface area contributed by atoms with Gasteiger partial charge >= 0.3 is 0 Å². The van der Waals surface area contributed by atoms with Crippen LogP contribution in [0.15, 0.2) is 24.3 Å². The van der Waals surface area contributed by atoms with Crippen LogP contribution in [0.2, 0.25) is 0 Å². The van der Waals surface area contributed by atoms with Crippen LogP contribution in [0.25, 0.3) is 0 Å². The van der Waals surface area contributed by atoms with Crippen LogP contribution in [-0.2, 0) is 0 Å². The van der Waals surface area contributed by atoms with Gasteiger partial charge in [-0.15, -0.1) is 0 Å². The van der Waals surface area contributed by atoms with Crippen LogP contribution < -0.4 is 10.2 Å². The Labute approximate surface area is 99.7 Å². The number of likely N-dealkylation sites (N-methyl/N-ethyl adjacent to an activating group) is 2. The summed E-state index contributed by atoms with van der Waals surface area (Å²) in [5.74, 6) is 0. The van der Waals surface area contributed by atoms with Crippen molar-refractivity contribution in [3.63, 3.8) is 0 Å². The standard InChI is InChI=1S/C14H24N2/c1-6-15-14(3,4)11-16(5)13-9-7-12(2)8-10-13/h7-10,15H,6,11H2,1-5H3. The first-order valence-electron chi connectivity index (χ1n) is 5.97. The van der Waals surface area contributed by atoms with Gasteiger partial charge in [0.25, 0.3) is 0 Å². The minimum atomic E-state index is 0.147. The Morgan fingerprint density at radius 2 is 1.75 bits per heavy atom. The largest absolute Gasteiger partial charge is 0.373 e. The molecular formula is C14H24N2. The van der Waals surface area contributed by atoms with Crippen LogP contribution in [0.3, 0.4) is 0 Å². The first-order chi connectivity index (χ1) is 7.44. The van der Waals surface area contributed by atoms with Crippen molar-refractivity contribution >= 4 is 5.69 Å². The highest BCUT2D eigenvalue weighted by atomic mass is 15.1. The zero-order chi connectivity index (χ0) is 12.2. The van der Waals surface area contributed by atoms with Crippen molar-refractivity contribution in [3.05, 3.63) is 29.8 Å². The van der Waals surface area contributed by atoms with E-state index in [-0.39, 0.29) is 5.54 Å². The Morgan fingerprint density at radius 3 is 2.25 bits per heavy atom. The quantitative estimate of drug-likeness (QED) is 0.821. The van der Waals surface area contributed by atoms with Gasteiger partial charge in [-0.05, 0) is 39.4 Å². The summed E-state index contributed by atoms with van der Waals surface area (Å²) in [6.45, 7) is 10.8. The van der Waals surface area contributed by atoms with Gasteiger partial charge in [0.2, 0.25) is 0 Å². The maximum absolute atomic E-state index is 3.49. The first kappa shape index (κ1) is 13.0. The van der Waals surface area contributed by atoms with Gasteiger partial charge in [0.05, 0.1) is 0 Å².